The van der Waals surface area contributed by atoms with Crippen LogP contribution in [0, 0.1) is 0 Å². The van der Waals surface area contributed by atoms with Crippen LogP contribution >= 0.6 is 0 Å². The zero-order valence-electron chi connectivity index (χ0n) is 10.5. The van der Waals surface area contributed by atoms with Gasteiger partial charge >= 0.3 is 0 Å². The van der Waals surface area contributed by atoms with Crippen LogP contribution in [0.5, 0.6) is 0 Å². The second-order valence-electron chi connectivity index (χ2n) is 4.61. The van der Waals surface area contributed by atoms with Crippen LogP contribution in [0.2, 0.25) is 0 Å². The first-order valence-corrected chi connectivity index (χ1v) is 6.34. The predicted molar refractivity (Wildman–Crippen MR) is 71.8 cm³/mol. The molecule has 98 valence electrons. The highest BCUT2D eigenvalue weighted by Crippen LogP contribution is 2.33. The Labute approximate surface area is 114 Å². The number of hydrogen-bond acceptors (Lipinski definition) is 6. The van der Waals surface area contributed by atoms with Crippen molar-refractivity contribution in [3.63, 3.8) is 0 Å². The summed E-state index contributed by atoms with van der Waals surface area (Å²) in [4.78, 5) is 12.4. The van der Waals surface area contributed by atoms with Gasteiger partial charge in [0.25, 0.3) is 0 Å². The molecule has 0 amide bonds. The smallest absolute Gasteiger partial charge is 0.249 e. The molecule has 0 fully saturated rings. The number of anilines is 1. The minimum atomic E-state index is 0.0236. The molecule has 0 spiro atoms. The average molecular weight is 265 g/mol. The lowest BCUT2D eigenvalue weighted by molar-refractivity contribution is 0.364. The highest BCUT2D eigenvalue weighted by Gasteiger charge is 2.26. The van der Waals surface area contributed by atoms with Crippen LogP contribution in [0.25, 0.3) is 11.5 Å². The Morgan fingerprint density at radius 3 is 3.00 bits per heavy atom. The van der Waals surface area contributed by atoms with Crippen molar-refractivity contribution < 1.29 is 4.52 Å². The van der Waals surface area contributed by atoms with E-state index < -0.39 is 0 Å². The largest absolute Gasteiger partial charge is 0.373 e. The SMILES string of the molecule is c1ccc2c(c1)CC(c1nc(-c3ccncn3)no1)N2. The lowest BCUT2D eigenvalue weighted by Crippen LogP contribution is -2.05. The molecule has 6 heteroatoms. The topological polar surface area (TPSA) is 76.7 Å². The number of nitrogens with one attached hydrogen (secondary N) is 1. The molecule has 1 unspecified atom stereocenters. The first kappa shape index (κ1) is 11.1. The van der Waals surface area contributed by atoms with Gasteiger partial charge < -0.3 is 9.84 Å². The molecule has 0 bridgehead atoms. The predicted octanol–water partition coefficient (Wildman–Crippen LogP) is 2.24. The Bertz CT molecular complexity index is 715. The molecule has 1 atom stereocenters. The number of aromatic nitrogens is 4. The van der Waals surface area contributed by atoms with Crippen LogP contribution < -0.4 is 5.32 Å². The quantitative estimate of drug-likeness (QED) is 0.765. The molecule has 6 nitrogen and oxygen atoms in total. The van der Waals surface area contributed by atoms with Gasteiger partial charge in [0.1, 0.15) is 18.1 Å². The van der Waals surface area contributed by atoms with Gasteiger partial charge in [0.2, 0.25) is 11.7 Å². The number of hydrogen-bond donors (Lipinski definition) is 1. The van der Waals surface area contributed by atoms with E-state index in [9.17, 15) is 0 Å². The van der Waals surface area contributed by atoms with Gasteiger partial charge in [-0.3, -0.25) is 0 Å². The summed E-state index contributed by atoms with van der Waals surface area (Å²) in [6.45, 7) is 0. The molecule has 1 N–H and O–H groups in total. The van der Waals surface area contributed by atoms with Gasteiger partial charge in [0.15, 0.2) is 0 Å². The van der Waals surface area contributed by atoms with E-state index in [-0.39, 0.29) is 6.04 Å². The third kappa shape index (κ3) is 1.82. The Morgan fingerprint density at radius 1 is 1.20 bits per heavy atom. The highest BCUT2D eigenvalue weighted by atomic mass is 16.5. The summed E-state index contributed by atoms with van der Waals surface area (Å²) in [7, 11) is 0. The third-order valence-corrected chi connectivity index (χ3v) is 3.32. The molecule has 1 aliphatic heterocycles. The minimum absolute atomic E-state index is 0.0236. The van der Waals surface area contributed by atoms with Gasteiger partial charge in [-0.15, -0.1) is 0 Å². The molecular weight excluding hydrogens is 254 g/mol. The number of fused-ring (bicyclic) bond motifs is 1. The van der Waals surface area contributed by atoms with Crippen molar-refractivity contribution in [3.05, 3.63) is 54.3 Å². The fourth-order valence-electron chi connectivity index (χ4n) is 2.35. The lowest BCUT2D eigenvalue weighted by atomic mass is 10.1. The minimum Gasteiger partial charge on any atom is -0.373 e. The molecular formula is C14H11N5O. The van der Waals surface area contributed by atoms with Crippen molar-refractivity contribution in [2.45, 2.75) is 12.5 Å². The normalized spacial score (nSPS) is 16.7. The maximum atomic E-state index is 5.35. The van der Waals surface area contributed by atoms with Crippen molar-refractivity contribution in [3.8, 4) is 11.5 Å². The Hall–Kier alpha value is -2.76. The Balaban J connectivity index is 1.61. The highest BCUT2D eigenvalue weighted by molar-refractivity contribution is 5.57. The van der Waals surface area contributed by atoms with Crippen LogP contribution in [0.4, 0.5) is 5.69 Å². The van der Waals surface area contributed by atoms with Gasteiger partial charge in [-0.2, -0.15) is 4.98 Å². The maximum absolute atomic E-state index is 5.35. The van der Waals surface area contributed by atoms with E-state index in [1.54, 1.807) is 12.3 Å². The molecule has 0 aliphatic carbocycles. The molecule has 2 aromatic heterocycles. The first-order chi connectivity index (χ1) is 9.90. The first-order valence-electron chi connectivity index (χ1n) is 6.34. The van der Waals surface area contributed by atoms with Crippen LogP contribution in [0.15, 0.2) is 47.4 Å². The van der Waals surface area contributed by atoms with E-state index in [0.717, 1.165) is 12.1 Å². The number of para-hydroxylation sites is 1. The number of nitrogens with zero attached hydrogens (tertiary/aromatic N) is 4. The second-order valence-corrected chi connectivity index (χ2v) is 4.61. The van der Waals surface area contributed by atoms with Gasteiger partial charge in [-0.05, 0) is 17.7 Å². The summed E-state index contributed by atoms with van der Waals surface area (Å²) in [5.74, 6) is 1.06. The fourth-order valence-corrected chi connectivity index (χ4v) is 2.35. The zero-order chi connectivity index (χ0) is 13.4. The van der Waals surface area contributed by atoms with Crippen molar-refractivity contribution in [1.29, 1.82) is 0 Å². The van der Waals surface area contributed by atoms with E-state index in [1.165, 1.54) is 11.9 Å². The van der Waals surface area contributed by atoms with E-state index in [0.29, 0.717) is 17.4 Å². The summed E-state index contributed by atoms with van der Waals surface area (Å²) in [6.07, 6.45) is 3.97. The van der Waals surface area contributed by atoms with Crippen LogP contribution in [0.1, 0.15) is 17.5 Å². The number of benzene rings is 1. The molecule has 20 heavy (non-hydrogen) atoms. The monoisotopic (exact) mass is 265 g/mol. The second kappa shape index (κ2) is 4.41. The van der Waals surface area contributed by atoms with E-state index in [2.05, 4.69) is 37.6 Å². The summed E-state index contributed by atoms with van der Waals surface area (Å²) in [5.41, 5.74) is 3.05. The molecule has 3 heterocycles. The zero-order valence-corrected chi connectivity index (χ0v) is 10.5. The van der Waals surface area contributed by atoms with Crippen molar-refractivity contribution in [2.75, 3.05) is 5.32 Å². The molecule has 1 aromatic carbocycles. The molecule has 0 saturated carbocycles. The van der Waals surface area contributed by atoms with E-state index >= 15 is 0 Å². The molecule has 0 radical (unpaired) electrons. The van der Waals surface area contributed by atoms with E-state index in [4.69, 9.17) is 4.52 Å². The molecule has 1 aliphatic rings. The van der Waals surface area contributed by atoms with Crippen LogP contribution in [-0.2, 0) is 6.42 Å². The summed E-state index contributed by atoms with van der Waals surface area (Å²) >= 11 is 0. The van der Waals surface area contributed by atoms with Crippen molar-refractivity contribution in [2.24, 2.45) is 0 Å². The lowest BCUT2D eigenvalue weighted by Gasteiger charge is -2.04. The van der Waals surface area contributed by atoms with Gasteiger partial charge in [0.05, 0.1) is 0 Å². The van der Waals surface area contributed by atoms with Crippen LogP contribution in [-0.4, -0.2) is 20.1 Å². The molecule has 3 aromatic rings. The van der Waals surface area contributed by atoms with E-state index in [1.807, 2.05) is 12.1 Å². The summed E-state index contributed by atoms with van der Waals surface area (Å²) in [5, 5.41) is 7.36. The standard InChI is InChI=1S/C14H11N5O/c1-2-4-10-9(3-1)7-12(17-10)14-18-13(19-20-14)11-5-6-15-8-16-11/h1-6,8,12,17H,7H2. The third-order valence-electron chi connectivity index (χ3n) is 3.32. The Kier molecular flexibility index (Phi) is 2.45. The van der Waals surface area contributed by atoms with Crippen molar-refractivity contribution in [1.82, 2.24) is 20.1 Å². The fraction of sp³-hybridized carbons (Fsp3) is 0.143. The van der Waals surface area contributed by atoms with Gasteiger partial charge in [-0.1, -0.05) is 23.4 Å². The summed E-state index contributed by atoms with van der Waals surface area (Å²) < 4.78 is 5.35. The van der Waals surface area contributed by atoms with Gasteiger partial charge in [0, 0.05) is 18.3 Å². The Morgan fingerprint density at radius 2 is 2.15 bits per heavy atom. The van der Waals surface area contributed by atoms with Crippen LogP contribution in [0.3, 0.4) is 0 Å². The molecule has 0 saturated heterocycles. The summed E-state index contributed by atoms with van der Waals surface area (Å²) in [6, 6.07) is 9.97. The average Bonchev–Trinajstić information content (AvgIpc) is 3.14. The van der Waals surface area contributed by atoms with Crippen molar-refractivity contribution >= 4 is 5.69 Å². The molecule has 4 rings (SSSR count). The number of rotatable bonds is 2. The maximum Gasteiger partial charge on any atom is 0.249 e. The van der Waals surface area contributed by atoms with Gasteiger partial charge in [-0.25, -0.2) is 9.97 Å².